The quantitative estimate of drug-likeness (QED) is 0.777. The fourth-order valence-corrected chi connectivity index (χ4v) is 2.32. The SMILES string of the molecule is CCCCC(CC)C(O)c1ccccc1C(F)(F)F. The number of aliphatic hydroxyl groups is 1. The van der Waals surface area contributed by atoms with Crippen molar-refractivity contribution >= 4 is 0 Å². The highest BCUT2D eigenvalue weighted by Crippen LogP contribution is 2.38. The molecule has 0 aromatic heterocycles. The summed E-state index contributed by atoms with van der Waals surface area (Å²) in [5.41, 5.74) is -0.726. The maximum absolute atomic E-state index is 12.9. The minimum Gasteiger partial charge on any atom is -0.388 e. The van der Waals surface area contributed by atoms with Gasteiger partial charge in [0.15, 0.2) is 0 Å². The van der Waals surface area contributed by atoms with Gasteiger partial charge < -0.3 is 5.11 Å². The second-order valence-electron chi connectivity index (χ2n) is 4.84. The Hall–Kier alpha value is -1.03. The number of rotatable bonds is 6. The summed E-state index contributed by atoms with van der Waals surface area (Å²) in [6.45, 7) is 3.93. The van der Waals surface area contributed by atoms with E-state index in [0.29, 0.717) is 6.42 Å². The Morgan fingerprint density at radius 1 is 1.16 bits per heavy atom. The van der Waals surface area contributed by atoms with Crippen LogP contribution in [-0.2, 0) is 6.18 Å². The van der Waals surface area contributed by atoms with Crippen LogP contribution in [0.5, 0.6) is 0 Å². The molecule has 1 rings (SSSR count). The zero-order valence-corrected chi connectivity index (χ0v) is 11.4. The largest absolute Gasteiger partial charge is 0.416 e. The van der Waals surface area contributed by atoms with Gasteiger partial charge in [-0.2, -0.15) is 13.2 Å². The molecule has 1 aromatic carbocycles. The monoisotopic (exact) mass is 274 g/mol. The second kappa shape index (κ2) is 6.94. The molecule has 0 bridgehead atoms. The summed E-state index contributed by atoms with van der Waals surface area (Å²) in [5, 5.41) is 10.3. The van der Waals surface area contributed by atoms with E-state index in [-0.39, 0.29) is 11.5 Å². The number of alkyl halides is 3. The van der Waals surface area contributed by atoms with E-state index in [4.69, 9.17) is 0 Å². The van der Waals surface area contributed by atoms with E-state index in [2.05, 4.69) is 0 Å². The van der Waals surface area contributed by atoms with Gasteiger partial charge in [0.25, 0.3) is 0 Å². The van der Waals surface area contributed by atoms with Crippen molar-refractivity contribution in [3.05, 3.63) is 35.4 Å². The van der Waals surface area contributed by atoms with E-state index in [9.17, 15) is 18.3 Å². The summed E-state index contributed by atoms with van der Waals surface area (Å²) in [4.78, 5) is 0. The molecule has 0 saturated heterocycles. The average Bonchev–Trinajstić information content (AvgIpc) is 2.38. The molecular formula is C15H21F3O. The molecule has 19 heavy (non-hydrogen) atoms. The first-order valence-corrected chi connectivity index (χ1v) is 6.76. The number of benzene rings is 1. The first-order chi connectivity index (χ1) is 8.91. The summed E-state index contributed by atoms with van der Waals surface area (Å²) in [6.07, 6.45) is -2.14. The van der Waals surface area contributed by atoms with E-state index in [1.807, 2.05) is 13.8 Å². The predicted octanol–water partition coefficient (Wildman–Crippen LogP) is 4.96. The zero-order valence-electron chi connectivity index (χ0n) is 11.4. The summed E-state index contributed by atoms with van der Waals surface area (Å²) < 4.78 is 38.8. The van der Waals surface area contributed by atoms with Gasteiger partial charge >= 0.3 is 6.18 Å². The van der Waals surface area contributed by atoms with Gasteiger partial charge in [0.2, 0.25) is 0 Å². The Bertz CT molecular complexity index is 387. The van der Waals surface area contributed by atoms with Crippen molar-refractivity contribution in [1.29, 1.82) is 0 Å². The number of aliphatic hydroxyl groups excluding tert-OH is 1. The van der Waals surface area contributed by atoms with Crippen molar-refractivity contribution in [2.75, 3.05) is 0 Å². The lowest BCUT2D eigenvalue weighted by atomic mass is 9.87. The smallest absolute Gasteiger partial charge is 0.388 e. The molecule has 0 aliphatic carbocycles. The van der Waals surface area contributed by atoms with Crippen LogP contribution in [0.15, 0.2) is 24.3 Å². The Kier molecular flexibility index (Phi) is 5.85. The van der Waals surface area contributed by atoms with Crippen LogP contribution < -0.4 is 0 Å². The van der Waals surface area contributed by atoms with Crippen LogP contribution in [0.4, 0.5) is 13.2 Å². The Morgan fingerprint density at radius 2 is 1.79 bits per heavy atom. The van der Waals surface area contributed by atoms with Crippen molar-refractivity contribution in [3.63, 3.8) is 0 Å². The molecule has 108 valence electrons. The maximum atomic E-state index is 12.9. The Balaban J connectivity index is 3.01. The average molecular weight is 274 g/mol. The van der Waals surface area contributed by atoms with E-state index in [1.54, 1.807) is 6.07 Å². The molecule has 0 aliphatic heterocycles. The summed E-state index contributed by atoms with van der Waals surface area (Å²) in [6, 6.07) is 5.31. The normalized spacial score (nSPS) is 15.3. The van der Waals surface area contributed by atoms with E-state index in [1.165, 1.54) is 12.1 Å². The molecule has 0 aliphatic rings. The summed E-state index contributed by atoms with van der Waals surface area (Å²) in [7, 11) is 0. The van der Waals surface area contributed by atoms with Crippen LogP contribution in [0.25, 0.3) is 0 Å². The van der Waals surface area contributed by atoms with Gasteiger partial charge in [-0.1, -0.05) is 51.3 Å². The molecule has 0 spiro atoms. The Morgan fingerprint density at radius 3 is 2.32 bits per heavy atom. The van der Waals surface area contributed by atoms with Crippen molar-refractivity contribution in [1.82, 2.24) is 0 Å². The van der Waals surface area contributed by atoms with Crippen LogP contribution in [0.2, 0.25) is 0 Å². The van der Waals surface area contributed by atoms with Gasteiger partial charge in [-0.05, 0) is 24.0 Å². The van der Waals surface area contributed by atoms with E-state index >= 15 is 0 Å². The topological polar surface area (TPSA) is 20.2 Å². The third-order valence-electron chi connectivity index (χ3n) is 3.48. The molecule has 0 heterocycles. The van der Waals surface area contributed by atoms with E-state index < -0.39 is 17.8 Å². The number of unbranched alkanes of at least 4 members (excludes halogenated alkanes) is 1. The molecule has 2 unspecified atom stereocenters. The summed E-state index contributed by atoms with van der Waals surface area (Å²) >= 11 is 0. The molecule has 4 heteroatoms. The molecule has 0 amide bonds. The molecule has 1 aromatic rings. The third-order valence-corrected chi connectivity index (χ3v) is 3.48. The number of halogens is 3. The lowest BCUT2D eigenvalue weighted by Crippen LogP contribution is -2.17. The highest BCUT2D eigenvalue weighted by atomic mass is 19.4. The van der Waals surface area contributed by atoms with Crippen LogP contribution in [0.1, 0.15) is 56.8 Å². The van der Waals surface area contributed by atoms with Gasteiger partial charge in [-0.3, -0.25) is 0 Å². The molecular weight excluding hydrogens is 253 g/mol. The lowest BCUT2D eigenvalue weighted by molar-refractivity contribution is -0.139. The Labute approximate surface area is 112 Å². The third kappa shape index (κ3) is 4.23. The molecule has 0 radical (unpaired) electrons. The van der Waals surface area contributed by atoms with Gasteiger partial charge in [0.1, 0.15) is 0 Å². The van der Waals surface area contributed by atoms with E-state index in [0.717, 1.165) is 25.3 Å². The first-order valence-electron chi connectivity index (χ1n) is 6.76. The first kappa shape index (κ1) is 16.0. The maximum Gasteiger partial charge on any atom is 0.416 e. The van der Waals surface area contributed by atoms with Gasteiger partial charge in [0, 0.05) is 0 Å². The fourth-order valence-electron chi connectivity index (χ4n) is 2.32. The second-order valence-corrected chi connectivity index (χ2v) is 4.84. The molecule has 2 atom stereocenters. The van der Waals surface area contributed by atoms with Crippen molar-refractivity contribution in [2.45, 2.75) is 51.8 Å². The number of hydrogen-bond acceptors (Lipinski definition) is 1. The zero-order chi connectivity index (χ0) is 14.5. The van der Waals surface area contributed by atoms with Gasteiger partial charge in [-0.15, -0.1) is 0 Å². The lowest BCUT2D eigenvalue weighted by Gasteiger charge is -2.24. The predicted molar refractivity (Wildman–Crippen MR) is 69.7 cm³/mol. The molecule has 1 N–H and O–H groups in total. The van der Waals surface area contributed by atoms with Gasteiger partial charge in [0.05, 0.1) is 11.7 Å². The van der Waals surface area contributed by atoms with Crippen molar-refractivity contribution in [2.24, 2.45) is 5.92 Å². The van der Waals surface area contributed by atoms with Crippen LogP contribution in [-0.4, -0.2) is 5.11 Å². The molecule has 0 fully saturated rings. The van der Waals surface area contributed by atoms with Crippen molar-refractivity contribution in [3.8, 4) is 0 Å². The van der Waals surface area contributed by atoms with Crippen LogP contribution >= 0.6 is 0 Å². The summed E-state index contributed by atoms with van der Waals surface area (Å²) in [5.74, 6) is -0.122. The standard InChI is InChI=1S/C15H21F3O/c1-3-5-8-11(4-2)14(19)12-9-6-7-10-13(12)15(16,17)18/h6-7,9-11,14,19H,3-5,8H2,1-2H3. The van der Waals surface area contributed by atoms with Crippen molar-refractivity contribution < 1.29 is 18.3 Å². The fraction of sp³-hybridized carbons (Fsp3) is 0.600. The number of hydrogen-bond donors (Lipinski definition) is 1. The molecule has 1 nitrogen and oxygen atoms in total. The minimum atomic E-state index is -4.42. The highest BCUT2D eigenvalue weighted by Gasteiger charge is 2.35. The highest BCUT2D eigenvalue weighted by molar-refractivity contribution is 5.31. The minimum absolute atomic E-state index is 0.00190. The van der Waals surface area contributed by atoms with Crippen LogP contribution in [0, 0.1) is 5.92 Å². The van der Waals surface area contributed by atoms with Crippen LogP contribution in [0.3, 0.4) is 0 Å². The molecule has 0 saturated carbocycles. The van der Waals surface area contributed by atoms with Gasteiger partial charge in [-0.25, -0.2) is 0 Å².